The van der Waals surface area contributed by atoms with Crippen LogP contribution in [0.25, 0.3) is 0 Å². The molecule has 0 aromatic carbocycles. The van der Waals surface area contributed by atoms with Crippen molar-refractivity contribution in [1.82, 2.24) is 5.32 Å². The minimum absolute atomic E-state index is 0.133. The number of aliphatic hydroxyl groups excluding tert-OH is 5. The van der Waals surface area contributed by atoms with E-state index in [1.807, 2.05) is 0 Å². The van der Waals surface area contributed by atoms with Crippen LogP contribution in [0.2, 0.25) is 0 Å². The monoisotopic (exact) mass is 1060 g/mol. The van der Waals surface area contributed by atoms with Crippen LogP contribution >= 0.6 is 0 Å². The lowest BCUT2D eigenvalue weighted by atomic mass is 9.99. The Balaban J connectivity index is 2.09. The molecule has 1 amide bonds. The summed E-state index contributed by atoms with van der Waals surface area (Å²) >= 11 is 0. The molecule has 0 aromatic heterocycles. The van der Waals surface area contributed by atoms with E-state index in [9.17, 15) is 30.3 Å². The first-order valence-electron chi connectivity index (χ1n) is 33.0. The molecule has 9 nitrogen and oxygen atoms in total. The largest absolute Gasteiger partial charge is 0.394 e. The minimum Gasteiger partial charge on any atom is -0.394 e. The fourth-order valence-corrected chi connectivity index (χ4v) is 10.8. The van der Waals surface area contributed by atoms with Crippen molar-refractivity contribution in [3.8, 4) is 0 Å². The van der Waals surface area contributed by atoms with Gasteiger partial charge in [-0.25, -0.2) is 0 Å². The Hall–Kier alpha value is -1.33. The van der Waals surface area contributed by atoms with Crippen molar-refractivity contribution in [3.63, 3.8) is 0 Å². The molecule has 1 fully saturated rings. The third kappa shape index (κ3) is 45.1. The third-order valence-corrected chi connectivity index (χ3v) is 16.1. The van der Waals surface area contributed by atoms with Crippen LogP contribution < -0.4 is 5.32 Å². The normalized spacial score (nSPS) is 18.9. The maximum atomic E-state index is 13.1. The number of unbranched alkanes of at least 4 members (excludes halogenated alkanes) is 44. The van der Waals surface area contributed by atoms with Crippen molar-refractivity contribution in [1.29, 1.82) is 0 Å². The van der Waals surface area contributed by atoms with Gasteiger partial charge in [-0.05, 0) is 44.9 Å². The van der Waals surface area contributed by atoms with Gasteiger partial charge < -0.3 is 40.3 Å². The average molecular weight is 1060 g/mol. The van der Waals surface area contributed by atoms with E-state index in [0.717, 1.165) is 44.9 Å². The highest BCUT2D eigenvalue weighted by Crippen LogP contribution is 2.24. The minimum atomic E-state index is -1.55. The second kappa shape index (κ2) is 56.0. The summed E-state index contributed by atoms with van der Waals surface area (Å²) in [5.74, 6) is -0.137. The summed E-state index contributed by atoms with van der Waals surface area (Å²) < 4.78 is 11.3. The fraction of sp³-hybridized carbons (Fsp3) is 0.924. The number of amides is 1. The first-order chi connectivity index (χ1) is 36.8. The second-order valence-electron chi connectivity index (χ2n) is 23.3. The SMILES string of the molecule is CCCCCCC/C=C\C/C=C\CCCCCCCCCCCCCCCCCCCCCCCC(=O)NC(COC1OC(CO)C(O)C(O)C1O)C(O)CCCCCCCCCCCCCCCCCCCCC. The lowest BCUT2D eigenvalue weighted by Gasteiger charge is -2.40. The molecule has 0 aromatic rings. The van der Waals surface area contributed by atoms with Crippen LogP contribution in [0, 0.1) is 0 Å². The van der Waals surface area contributed by atoms with E-state index in [0.29, 0.717) is 12.8 Å². The van der Waals surface area contributed by atoms with Gasteiger partial charge in [0.1, 0.15) is 24.4 Å². The van der Waals surface area contributed by atoms with Gasteiger partial charge in [-0.2, -0.15) is 0 Å². The van der Waals surface area contributed by atoms with Gasteiger partial charge >= 0.3 is 0 Å². The van der Waals surface area contributed by atoms with E-state index in [1.165, 1.54) is 263 Å². The van der Waals surface area contributed by atoms with Crippen LogP contribution in [0.5, 0.6) is 0 Å². The number of aliphatic hydroxyl groups is 5. The number of nitrogens with one attached hydrogen (secondary N) is 1. The molecule has 0 spiro atoms. The van der Waals surface area contributed by atoms with Gasteiger partial charge in [-0.3, -0.25) is 4.79 Å². The Morgan fingerprint density at radius 2 is 0.787 bits per heavy atom. The molecule has 7 atom stereocenters. The summed E-state index contributed by atoms with van der Waals surface area (Å²) in [6, 6.07) is -0.717. The first kappa shape index (κ1) is 71.7. The number of allylic oxidation sites excluding steroid dienone is 4. The average Bonchev–Trinajstić information content (AvgIpc) is 3.41. The molecule has 9 heteroatoms. The van der Waals surface area contributed by atoms with Gasteiger partial charge in [-0.15, -0.1) is 0 Å². The summed E-state index contributed by atoms with van der Waals surface area (Å²) in [6.07, 6.45) is 65.2. The number of rotatable bonds is 58. The number of hydrogen-bond donors (Lipinski definition) is 6. The zero-order chi connectivity index (χ0) is 54.3. The van der Waals surface area contributed by atoms with Gasteiger partial charge in [0, 0.05) is 6.42 Å². The lowest BCUT2D eigenvalue weighted by molar-refractivity contribution is -0.302. The zero-order valence-corrected chi connectivity index (χ0v) is 49.6. The molecule has 0 bridgehead atoms. The summed E-state index contributed by atoms with van der Waals surface area (Å²) in [6.45, 7) is 3.87. The van der Waals surface area contributed by atoms with Crippen molar-refractivity contribution in [2.24, 2.45) is 0 Å². The Morgan fingerprint density at radius 3 is 1.15 bits per heavy atom. The second-order valence-corrected chi connectivity index (χ2v) is 23.3. The molecule has 0 radical (unpaired) electrons. The first-order valence-corrected chi connectivity index (χ1v) is 33.0. The van der Waals surface area contributed by atoms with Gasteiger partial charge in [0.25, 0.3) is 0 Å². The molecule has 1 heterocycles. The fourth-order valence-electron chi connectivity index (χ4n) is 10.8. The molecule has 444 valence electrons. The Kier molecular flexibility index (Phi) is 53.5. The van der Waals surface area contributed by atoms with Crippen LogP contribution in [0.4, 0.5) is 0 Å². The van der Waals surface area contributed by atoms with E-state index < -0.39 is 49.5 Å². The highest BCUT2D eigenvalue weighted by Gasteiger charge is 2.44. The van der Waals surface area contributed by atoms with Crippen molar-refractivity contribution >= 4 is 5.91 Å². The van der Waals surface area contributed by atoms with Crippen LogP contribution in [0.3, 0.4) is 0 Å². The molecule has 1 aliphatic heterocycles. The van der Waals surface area contributed by atoms with Crippen molar-refractivity contribution < 1.29 is 39.8 Å². The summed E-state index contributed by atoms with van der Waals surface area (Å²) in [7, 11) is 0. The summed E-state index contributed by atoms with van der Waals surface area (Å²) in [5, 5.41) is 54.8. The van der Waals surface area contributed by atoms with Gasteiger partial charge in [-0.1, -0.05) is 308 Å². The van der Waals surface area contributed by atoms with E-state index >= 15 is 0 Å². The van der Waals surface area contributed by atoms with Gasteiger partial charge in [0.2, 0.25) is 5.91 Å². The molecule has 6 N–H and O–H groups in total. The molecule has 1 rings (SSSR count). The Bertz CT molecular complexity index is 1230. The van der Waals surface area contributed by atoms with Gasteiger partial charge in [0.15, 0.2) is 6.29 Å². The van der Waals surface area contributed by atoms with Crippen LogP contribution in [0.15, 0.2) is 24.3 Å². The third-order valence-electron chi connectivity index (χ3n) is 16.1. The molecule has 75 heavy (non-hydrogen) atoms. The molecule has 1 aliphatic rings. The summed E-state index contributed by atoms with van der Waals surface area (Å²) in [4.78, 5) is 13.1. The predicted octanol–water partition coefficient (Wildman–Crippen LogP) is 17.3. The lowest BCUT2D eigenvalue weighted by Crippen LogP contribution is -2.60. The zero-order valence-electron chi connectivity index (χ0n) is 49.6. The smallest absolute Gasteiger partial charge is 0.220 e. The van der Waals surface area contributed by atoms with Crippen LogP contribution in [-0.2, 0) is 14.3 Å². The predicted molar refractivity (Wildman–Crippen MR) is 318 cm³/mol. The van der Waals surface area contributed by atoms with Crippen molar-refractivity contribution in [2.45, 2.75) is 378 Å². The van der Waals surface area contributed by atoms with Crippen molar-refractivity contribution in [3.05, 3.63) is 24.3 Å². The number of hydrogen-bond acceptors (Lipinski definition) is 8. The van der Waals surface area contributed by atoms with E-state index in [-0.39, 0.29) is 12.5 Å². The standard InChI is InChI=1S/C66H127NO8/c1-3-5-7-9-11-13-15-17-19-21-23-24-25-26-27-28-29-30-31-32-33-34-35-36-38-40-42-44-46-48-50-52-54-56-62(70)67-59(58-74-66-65(73)64(72)63(71)61(57-68)75-66)60(69)55-53-51-49-47-45-43-41-39-37-22-20-18-16-14-12-10-8-6-4-2/h15,17,21,23,59-61,63-66,68-69,71-73H,3-14,16,18-20,22,24-58H2,1-2H3,(H,67,70)/b17-15-,23-21-. The van der Waals surface area contributed by atoms with E-state index in [2.05, 4.69) is 43.5 Å². The maximum absolute atomic E-state index is 13.1. The van der Waals surface area contributed by atoms with E-state index in [1.54, 1.807) is 0 Å². The van der Waals surface area contributed by atoms with Gasteiger partial charge in [0.05, 0.1) is 25.4 Å². The van der Waals surface area contributed by atoms with Crippen LogP contribution in [-0.4, -0.2) is 87.5 Å². The van der Waals surface area contributed by atoms with E-state index in [4.69, 9.17) is 9.47 Å². The number of ether oxygens (including phenoxy) is 2. The number of carbonyl (C=O) groups excluding carboxylic acids is 1. The molecule has 0 aliphatic carbocycles. The molecular formula is C66H127NO8. The molecule has 1 saturated heterocycles. The summed E-state index contributed by atoms with van der Waals surface area (Å²) in [5.41, 5.74) is 0. The number of carbonyl (C=O) groups is 1. The van der Waals surface area contributed by atoms with Crippen LogP contribution in [0.1, 0.15) is 335 Å². The Labute approximate surface area is 464 Å². The molecule has 0 saturated carbocycles. The quantitative estimate of drug-likeness (QED) is 0.0261. The maximum Gasteiger partial charge on any atom is 0.220 e. The van der Waals surface area contributed by atoms with Crippen molar-refractivity contribution in [2.75, 3.05) is 13.2 Å². The topological polar surface area (TPSA) is 149 Å². The highest BCUT2D eigenvalue weighted by atomic mass is 16.7. The molecule has 7 unspecified atom stereocenters. The Morgan fingerprint density at radius 1 is 0.453 bits per heavy atom. The highest BCUT2D eigenvalue weighted by molar-refractivity contribution is 5.76. The molecular weight excluding hydrogens is 935 g/mol.